The minimum absolute atomic E-state index is 0.593. The molecule has 1 fully saturated rings. The lowest BCUT2D eigenvalue weighted by Gasteiger charge is -2.32. The Morgan fingerprint density at radius 3 is 2.14 bits per heavy atom. The maximum absolute atomic E-state index is 5.96. The highest BCUT2D eigenvalue weighted by Crippen LogP contribution is 2.17. The molecule has 0 amide bonds. The van der Waals surface area contributed by atoms with Crippen molar-refractivity contribution in [1.29, 1.82) is 0 Å². The van der Waals surface area contributed by atoms with E-state index in [1.165, 1.54) is 29.5 Å². The average Bonchev–Trinajstić information content (AvgIpc) is 2.79. The van der Waals surface area contributed by atoms with Crippen molar-refractivity contribution in [2.75, 3.05) is 13.1 Å². The first-order valence-corrected chi connectivity index (χ1v) is 10.6. The average molecular weight is 387 g/mol. The number of nitrogens with one attached hydrogen (secondary N) is 1. The van der Waals surface area contributed by atoms with Gasteiger partial charge in [0.25, 0.3) is 0 Å². The van der Waals surface area contributed by atoms with E-state index in [2.05, 4.69) is 70.9 Å². The molecule has 0 saturated carbocycles. The molecular weight excluding hydrogens is 356 g/mol. The molecule has 4 rings (SSSR count). The lowest BCUT2D eigenvalue weighted by Crippen LogP contribution is -2.41. The van der Waals surface area contributed by atoms with E-state index in [1.807, 2.05) is 24.3 Å². The van der Waals surface area contributed by atoms with Gasteiger partial charge >= 0.3 is 0 Å². The van der Waals surface area contributed by atoms with Crippen LogP contribution in [0.3, 0.4) is 0 Å². The maximum atomic E-state index is 5.96. The van der Waals surface area contributed by atoms with Gasteiger partial charge in [0.1, 0.15) is 12.4 Å². The van der Waals surface area contributed by atoms with Gasteiger partial charge in [-0.2, -0.15) is 0 Å². The minimum atomic E-state index is 0.593. The van der Waals surface area contributed by atoms with Gasteiger partial charge in [-0.05, 0) is 54.8 Å². The standard InChI is InChI=1S/C26H30N2O/c1-3-8-22(9-4-1)20-28-16-14-25(15-17-28)27-19-24-12-7-13-26(18-24)29-21-23-10-5-2-6-11-23/h1-13,18,25,27H,14-17,19-21H2. The van der Waals surface area contributed by atoms with Crippen LogP contribution in [-0.2, 0) is 19.7 Å². The van der Waals surface area contributed by atoms with Crippen LogP contribution in [0.1, 0.15) is 29.5 Å². The molecule has 3 aromatic carbocycles. The van der Waals surface area contributed by atoms with Crippen molar-refractivity contribution in [3.8, 4) is 5.75 Å². The molecule has 3 heteroatoms. The molecule has 3 aromatic rings. The smallest absolute Gasteiger partial charge is 0.120 e. The molecular formula is C26H30N2O. The van der Waals surface area contributed by atoms with Crippen molar-refractivity contribution in [1.82, 2.24) is 10.2 Å². The zero-order chi connectivity index (χ0) is 19.7. The predicted molar refractivity (Wildman–Crippen MR) is 119 cm³/mol. The summed E-state index contributed by atoms with van der Waals surface area (Å²) >= 11 is 0. The van der Waals surface area contributed by atoms with Crippen LogP contribution in [0.5, 0.6) is 5.75 Å². The summed E-state index contributed by atoms with van der Waals surface area (Å²) in [4.78, 5) is 2.56. The molecule has 29 heavy (non-hydrogen) atoms. The van der Waals surface area contributed by atoms with Crippen LogP contribution in [0.4, 0.5) is 0 Å². The van der Waals surface area contributed by atoms with Crippen LogP contribution in [0, 0.1) is 0 Å². The van der Waals surface area contributed by atoms with Crippen LogP contribution in [0.2, 0.25) is 0 Å². The highest BCUT2D eigenvalue weighted by molar-refractivity contribution is 5.29. The van der Waals surface area contributed by atoms with Crippen molar-refractivity contribution >= 4 is 0 Å². The summed E-state index contributed by atoms with van der Waals surface area (Å²) in [6.07, 6.45) is 2.41. The first-order valence-electron chi connectivity index (χ1n) is 10.6. The first kappa shape index (κ1) is 19.7. The molecule has 0 aromatic heterocycles. The number of likely N-dealkylation sites (tertiary alicyclic amines) is 1. The van der Waals surface area contributed by atoms with Crippen molar-refractivity contribution in [2.45, 2.75) is 38.6 Å². The second-order valence-electron chi connectivity index (χ2n) is 7.84. The Hall–Kier alpha value is -2.62. The first-order chi connectivity index (χ1) is 14.3. The Morgan fingerprint density at radius 2 is 1.41 bits per heavy atom. The summed E-state index contributed by atoms with van der Waals surface area (Å²) in [5.74, 6) is 0.936. The molecule has 1 aliphatic rings. The number of benzene rings is 3. The summed E-state index contributed by atoms with van der Waals surface area (Å²) in [7, 11) is 0. The Kier molecular flexibility index (Phi) is 6.95. The Balaban J connectivity index is 1.20. The molecule has 0 atom stereocenters. The summed E-state index contributed by atoms with van der Waals surface area (Å²) in [6.45, 7) is 4.89. The van der Waals surface area contributed by atoms with Crippen LogP contribution >= 0.6 is 0 Å². The zero-order valence-corrected chi connectivity index (χ0v) is 17.0. The highest BCUT2D eigenvalue weighted by atomic mass is 16.5. The molecule has 0 aliphatic carbocycles. The molecule has 0 unspecified atom stereocenters. The van der Waals surface area contributed by atoms with E-state index in [9.17, 15) is 0 Å². The van der Waals surface area contributed by atoms with E-state index in [4.69, 9.17) is 4.74 Å². The van der Waals surface area contributed by atoms with Crippen molar-refractivity contribution in [2.24, 2.45) is 0 Å². The number of piperidine rings is 1. The van der Waals surface area contributed by atoms with E-state index in [-0.39, 0.29) is 0 Å². The maximum Gasteiger partial charge on any atom is 0.120 e. The second-order valence-corrected chi connectivity index (χ2v) is 7.84. The number of hydrogen-bond donors (Lipinski definition) is 1. The van der Waals surface area contributed by atoms with Crippen molar-refractivity contribution in [3.05, 3.63) is 102 Å². The molecule has 3 nitrogen and oxygen atoms in total. The van der Waals surface area contributed by atoms with E-state index in [0.717, 1.165) is 31.9 Å². The fraction of sp³-hybridized carbons (Fsp3) is 0.308. The Bertz CT molecular complexity index is 858. The molecule has 1 N–H and O–H groups in total. The van der Waals surface area contributed by atoms with Crippen LogP contribution < -0.4 is 10.1 Å². The van der Waals surface area contributed by atoms with Gasteiger partial charge in [0.15, 0.2) is 0 Å². The van der Waals surface area contributed by atoms with E-state index in [1.54, 1.807) is 0 Å². The normalized spacial score (nSPS) is 15.3. The highest BCUT2D eigenvalue weighted by Gasteiger charge is 2.18. The quantitative estimate of drug-likeness (QED) is 0.588. The van der Waals surface area contributed by atoms with E-state index in [0.29, 0.717) is 12.6 Å². The third-order valence-corrected chi connectivity index (χ3v) is 5.58. The zero-order valence-electron chi connectivity index (χ0n) is 17.0. The van der Waals surface area contributed by atoms with Gasteiger partial charge in [0.2, 0.25) is 0 Å². The van der Waals surface area contributed by atoms with Crippen molar-refractivity contribution in [3.63, 3.8) is 0 Å². The predicted octanol–water partition coefficient (Wildman–Crippen LogP) is 5.02. The molecule has 1 aliphatic heterocycles. The minimum Gasteiger partial charge on any atom is -0.489 e. The molecule has 0 bridgehead atoms. The summed E-state index contributed by atoms with van der Waals surface area (Å²) < 4.78 is 5.96. The second kappa shape index (κ2) is 10.2. The summed E-state index contributed by atoms with van der Waals surface area (Å²) in [6, 6.07) is 30.1. The number of ether oxygens (including phenoxy) is 1. The molecule has 150 valence electrons. The largest absolute Gasteiger partial charge is 0.489 e. The molecule has 0 spiro atoms. The van der Waals surface area contributed by atoms with Crippen LogP contribution in [0.15, 0.2) is 84.9 Å². The number of nitrogens with zero attached hydrogens (tertiary/aromatic N) is 1. The van der Waals surface area contributed by atoms with E-state index < -0.39 is 0 Å². The Morgan fingerprint density at radius 1 is 0.759 bits per heavy atom. The summed E-state index contributed by atoms with van der Waals surface area (Å²) in [5.41, 5.74) is 3.88. The van der Waals surface area contributed by atoms with Crippen molar-refractivity contribution < 1.29 is 4.74 Å². The summed E-state index contributed by atoms with van der Waals surface area (Å²) in [5, 5.41) is 3.74. The van der Waals surface area contributed by atoms with Gasteiger partial charge in [-0.25, -0.2) is 0 Å². The monoisotopic (exact) mass is 386 g/mol. The third kappa shape index (κ3) is 6.18. The lowest BCUT2D eigenvalue weighted by molar-refractivity contribution is 0.190. The number of hydrogen-bond acceptors (Lipinski definition) is 3. The van der Waals surface area contributed by atoms with Crippen LogP contribution in [0.25, 0.3) is 0 Å². The fourth-order valence-electron chi connectivity index (χ4n) is 3.89. The van der Waals surface area contributed by atoms with Gasteiger partial charge in [0.05, 0.1) is 0 Å². The Labute approximate surface area is 174 Å². The third-order valence-electron chi connectivity index (χ3n) is 5.58. The molecule has 1 heterocycles. The fourth-order valence-corrected chi connectivity index (χ4v) is 3.89. The van der Waals surface area contributed by atoms with Gasteiger partial charge in [-0.3, -0.25) is 4.90 Å². The van der Waals surface area contributed by atoms with E-state index >= 15 is 0 Å². The van der Waals surface area contributed by atoms with Crippen LogP contribution in [-0.4, -0.2) is 24.0 Å². The van der Waals surface area contributed by atoms with Gasteiger partial charge in [-0.15, -0.1) is 0 Å². The molecule has 1 saturated heterocycles. The van der Waals surface area contributed by atoms with Gasteiger partial charge in [0, 0.05) is 19.1 Å². The number of rotatable bonds is 8. The lowest BCUT2D eigenvalue weighted by atomic mass is 10.0. The van der Waals surface area contributed by atoms with Gasteiger partial charge in [-0.1, -0.05) is 72.8 Å². The van der Waals surface area contributed by atoms with Gasteiger partial charge < -0.3 is 10.1 Å². The topological polar surface area (TPSA) is 24.5 Å². The molecule has 0 radical (unpaired) electrons. The SMILES string of the molecule is c1ccc(COc2cccc(CNC3CCN(Cc4ccccc4)CC3)c2)cc1.